The van der Waals surface area contributed by atoms with E-state index >= 15 is 0 Å². The predicted octanol–water partition coefficient (Wildman–Crippen LogP) is 2.69. The highest BCUT2D eigenvalue weighted by Gasteiger charge is 2.31. The first-order valence-electron chi connectivity index (χ1n) is 6.77. The van der Waals surface area contributed by atoms with Crippen molar-refractivity contribution in [2.75, 3.05) is 17.3 Å². The zero-order chi connectivity index (χ0) is 13.7. The number of aryl methyl sites for hydroxylation is 1. The van der Waals surface area contributed by atoms with Gasteiger partial charge in [-0.3, -0.25) is 4.79 Å². The van der Waals surface area contributed by atoms with Gasteiger partial charge in [0.05, 0.1) is 12.0 Å². The van der Waals surface area contributed by atoms with Crippen molar-refractivity contribution in [2.45, 2.75) is 31.8 Å². The van der Waals surface area contributed by atoms with Crippen LogP contribution in [0.3, 0.4) is 0 Å². The molecule has 0 saturated heterocycles. The van der Waals surface area contributed by atoms with Gasteiger partial charge in [-0.1, -0.05) is 12.1 Å². The molecule has 3 nitrogen and oxygen atoms in total. The van der Waals surface area contributed by atoms with Crippen LogP contribution in [0.15, 0.2) is 24.3 Å². The van der Waals surface area contributed by atoms with E-state index < -0.39 is 6.10 Å². The van der Waals surface area contributed by atoms with E-state index in [1.807, 2.05) is 23.9 Å². The van der Waals surface area contributed by atoms with Gasteiger partial charge in [-0.25, -0.2) is 0 Å². The summed E-state index contributed by atoms with van der Waals surface area (Å²) in [6.45, 7) is 0. The summed E-state index contributed by atoms with van der Waals surface area (Å²) < 4.78 is 0. The Balaban J connectivity index is 1.90. The number of carbonyl (C=O) groups excluding carboxylic acids is 1. The Morgan fingerprint density at radius 3 is 2.68 bits per heavy atom. The standard InChI is InChI=1S/C15H21NO2S/c1-19-10-9-11-5-7-12(8-6-11)16-15(18)13-3-2-4-14(13)17/h5-8,13-14,17H,2-4,9-10H2,1H3,(H,16,18). The second kappa shape index (κ2) is 6.96. The summed E-state index contributed by atoms with van der Waals surface area (Å²) in [5.41, 5.74) is 2.10. The molecule has 1 fully saturated rings. The molecule has 2 N–H and O–H groups in total. The van der Waals surface area contributed by atoms with E-state index in [1.165, 1.54) is 5.56 Å². The van der Waals surface area contributed by atoms with Gasteiger partial charge in [-0.2, -0.15) is 11.8 Å². The van der Waals surface area contributed by atoms with Gasteiger partial charge in [-0.15, -0.1) is 0 Å². The molecule has 0 radical (unpaired) electrons. The molecule has 0 heterocycles. The Hall–Kier alpha value is -1.00. The van der Waals surface area contributed by atoms with Crippen molar-refractivity contribution in [1.82, 2.24) is 0 Å². The molecule has 4 heteroatoms. The molecule has 2 rings (SSSR count). The lowest BCUT2D eigenvalue weighted by molar-refractivity contribution is -0.122. The average molecular weight is 279 g/mol. The lowest BCUT2D eigenvalue weighted by Gasteiger charge is -2.14. The maximum absolute atomic E-state index is 12.0. The van der Waals surface area contributed by atoms with Gasteiger partial charge in [-0.05, 0) is 55.4 Å². The maximum atomic E-state index is 12.0. The summed E-state index contributed by atoms with van der Waals surface area (Å²) in [5, 5.41) is 12.6. The van der Waals surface area contributed by atoms with E-state index in [-0.39, 0.29) is 11.8 Å². The SMILES string of the molecule is CSCCc1ccc(NC(=O)C2CCCC2O)cc1. The van der Waals surface area contributed by atoms with Crippen LogP contribution in [0.2, 0.25) is 0 Å². The first-order valence-corrected chi connectivity index (χ1v) is 8.17. The summed E-state index contributed by atoms with van der Waals surface area (Å²) in [7, 11) is 0. The number of benzene rings is 1. The van der Waals surface area contributed by atoms with Crippen LogP contribution in [0.1, 0.15) is 24.8 Å². The molecular formula is C15H21NO2S. The number of rotatable bonds is 5. The van der Waals surface area contributed by atoms with Crippen LogP contribution in [0.25, 0.3) is 0 Å². The van der Waals surface area contributed by atoms with Gasteiger partial charge >= 0.3 is 0 Å². The highest BCUT2D eigenvalue weighted by atomic mass is 32.2. The van der Waals surface area contributed by atoms with Crippen LogP contribution in [-0.2, 0) is 11.2 Å². The topological polar surface area (TPSA) is 49.3 Å². The average Bonchev–Trinajstić information content (AvgIpc) is 2.84. The first-order chi connectivity index (χ1) is 9.20. The Labute approximate surface area is 118 Å². The third-order valence-corrected chi connectivity index (χ3v) is 4.24. The molecule has 0 spiro atoms. The maximum Gasteiger partial charge on any atom is 0.230 e. The Morgan fingerprint density at radius 1 is 1.37 bits per heavy atom. The number of anilines is 1. The van der Waals surface area contributed by atoms with Gasteiger partial charge < -0.3 is 10.4 Å². The van der Waals surface area contributed by atoms with Crippen LogP contribution in [0.5, 0.6) is 0 Å². The smallest absolute Gasteiger partial charge is 0.230 e. The van der Waals surface area contributed by atoms with Gasteiger partial charge in [0, 0.05) is 5.69 Å². The van der Waals surface area contributed by atoms with Crippen molar-refractivity contribution in [3.63, 3.8) is 0 Å². The zero-order valence-corrected chi connectivity index (χ0v) is 12.1. The minimum atomic E-state index is -0.471. The number of aliphatic hydroxyl groups excluding tert-OH is 1. The minimum Gasteiger partial charge on any atom is -0.392 e. The van der Waals surface area contributed by atoms with E-state index in [1.54, 1.807) is 0 Å². The van der Waals surface area contributed by atoms with Crippen molar-refractivity contribution in [3.05, 3.63) is 29.8 Å². The molecule has 1 aromatic rings. The van der Waals surface area contributed by atoms with Crippen molar-refractivity contribution < 1.29 is 9.90 Å². The molecule has 19 heavy (non-hydrogen) atoms. The van der Waals surface area contributed by atoms with E-state index in [4.69, 9.17) is 0 Å². The molecule has 1 aromatic carbocycles. The largest absolute Gasteiger partial charge is 0.392 e. The highest BCUT2D eigenvalue weighted by Crippen LogP contribution is 2.26. The molecule has 0 aliphatic heterocycles. The van der Waals surface area contributed by atoms with E-state index in [2.05, 4.69) is 23.7 Å². The van der Waals surface area contributed by atoms with E-state index in [9.17, 15) is 9.90 Å². The summed E-state index contributed by atoms with van der Waals surface area (Å²) in [5.74, 6) is 0.818. The third-order valence-electron chi connectivity index (χ3n) is 3.63. The summed E-state index contributed by atoms with van der Waals surface area (Å²) in [6, 6.07) is 7.98. The second-order valence-electron chi connectivity index (χ2n) is 5.03. The van der Waals surface area contributed by atoms with Gasteiger partial charge in [0.1, 0.15) is 0 Å². The van der Waals surface area contributed by atoms with Crippen molar-refractivity contribution in [2.24, 2.45) is 5.92 Å². The fourth-order valence-electron chi connectivity index (χ4n) is 2.46. The van der Waals surface area contributed by atoms with Crippen LogP contribution in [0.4, 0.5) is 5.69 Å². The zero-order valence-electron chi connectivity index (χ0n) is 11.3. The molecular weight excluding hydrogens is 258 g/mol. The molecule has 1 aliphatic rings. The van der Waals surface area contributed by atoms with Gasteiger partial charge in [0.25, 0.3) is 0 Å². The lowest BCUT2D eigenvalue weighted by atomic mass is 10.1. The second-order valence-corrected chi connectivity index (χ2v) is 6.02. The first kappa shape index (κ1) is 14.4. The van der Waals surface area contributed by atoms with Gasteiger partial charge in [0.15, 0.2) is 0 Å². The monoisotopic (exact) mass is 279 g/mol. The molecule has 104 valence electrons. The summed E-state index contributed by atoms with van der Waals surface area (Å²) >= 11 is 1.83. The van der Waals surface area contributed by atoms with Crippen LogP contribution in [-0.4, -0.2) is 29.1 Å². The number of aliphatic hydroxyl groups is 1. The fourth-order valence-corrected chi connectivity index (χ4v) is 2.90. The third kappa shape index (κ3) is 3.98. The number of nitrogens with one attached hydrogen (secondary N) is 1. The minimum absolute atomic E-state index is 0.0538. The van der Waals surface area contributed by atoms with E-state index in [0.717, 1.165) is 37.1 Å². The van der Waals surface area contributed by atoms with Crippen LogP contribution >= 0.6 is 11.8 Å². The molecule has 2 atom stereocenters. The van der Waals surface area contributed by atoms with Crippen molar-refractivity contribution >= 4 is 23.4 Å². The predicted molar refractivity (Wildman–Crippen MR) is 80.5 cm³/mol. The van der Waals surface area contributed by atoms with Crippen molar-refractivity contribution in [1.29, 1.82) is 0 Å². The molecule has 1 amide bonds. The number of carbonyl (C=O) groups is 1. The molecule has 1 aliphatic carbocycles. The van der Waals surface area contributed by atoms with Gasteiger partial charge in [0.2, 0.25) is 5.91 Å². The summed E-state index contributed by atoms with van der Waals surface area (Å²) in [4.78, 5) is 12.0. The molecule has 2 unspecified atom stereocenters. The summed E-state index contributed by atoms with van der Waals surface area (Å²) in [6.07, 6.45) is 5.15. The number of hydrogen-bond acceptors (Lipinski definition) is 3. The Morgan fingerprint density at radius 2 is 2.11 bits per heavy atom. The van der Waals surface area contributed by atoms with Crippen LogP contribution < -0.4 is 5.32 Å². The highest BCUT2D eigenvalue weighted by molar-refractivity contribution is 7.98. The lowest BCUT2D eigenvalue weighted by Crippen LogP contribution is -2.28. The molecule has 0 aromatic heterocycles. The molecule has 0 bridgehead atoms. The Kier molecular flexibility index (Phi) is 5.28. The normalized spacial score (nSPS) is 22.4. The number of amides is 1. The number of thioether (sulfide) groups is 1. The number of hydrogen-bond donors (Lipinski definition) is 2. The van der Waals surface area contributed by atoms with E-state index in [0.29, 0.717) is 0 Å². The van der Waals surface area contributed by atoms with Crippen molar-refractivity contribution in [3.8, 4) is 0 Å². The quantitative estimate of drug-likeness (QED) is 0.871. The Bertz CT molecular complexity index is 419. The fraction of sp³-hybridized carbons (Fsp3) is 0.533. The molecule has 1 saturated carbocycles. The van der Waals surface area contributed by atoms with Crippen LogP contribution in [0, 0.1) is 5.92 Å².